The molecule has 1 aliphatic rings. The second-order valence-corrected chi connectivity index (χ2v) is 7.72. The minimum atomic E-state index is -0.513. The number of carbonyl (C=O) groups excluding carboxylic acids is 1. The molecule has 7 heteroatoms. The van der Waals surface area contributed by atoms with Crippen molar-refractivity contribution in [3.63, 3.8) is 0 Å². The van der Waals surface area contributed by atoms with E-state index in [-0.39, 0.29) is 17.3 Å². The van der Waals surface area contributed by atoms with Gasteiger partial charge in [-0.1, -0.05) is 30.3 Å². The van der Waals surface area contributed by atoms with Crippen LogP contribution in [0.1, 0.15) is 22.7 Å². The van der Waals surface area contributed by atoms with E-state index >= 15 is 0 Å². The number of rotatable bonds is 6. The second kappa shape index (κ2) is 8.55. The Bertz CT molecular complexity index is 1240. The molecule has 0 aromatic heterocycles. The lowest BCUT2D eigenvalue weighted by atomic mass is 10.0. The number of benzene rings is 3. The number of nitro benzene ring substituents is 1. The molecule has 0 radical (unpaired) electrons. The molecule has 1 N–H and O–H groups in total. The van der Waals surface area contributed by atoms with Crippen molar-refractivity contribution in [3.05, 3.63) is 105 Å². The Morgan fingerprint density at radius 3 is 2.38 bits per heavy atom. The van der Waals surface area contributed by atoms with Gasteiger partial charge in [0, 0.05) is 17.4 Å². The van der Waals surface area contributed by atoms with Crippen LogP contribution >= 0.6 is 0 Å². The van der Waals surface area contributed by atoms with Gasteiger partial charge < -0.3 is 10.1 Å². The highest BCUT2D eigenvalue weighted by molar-refractivity contribution is 6.11. The maximum absolute atomic E-state index is 13.5. The third-order valence-electron chi connectivity index (χ3n) is 5.37. The first-order valence-electron chi connectivity index (χ1n) is 10.2. The third kappa shape index (κ3) is 4.05. The molecule has 0 fully saturated rings. The molecule has 0 aliphatic carbocycles. The number of methoxy groups -OCH3 is 1. The van der Waals surface area contributed by atoms with Crippen LogP contribution in [0.25, 0.3) is 0 Å². The third-order valence-corrected chi connectivity index (χ3v) is 5.37. The highest BCUT2D eigenvalue weighted by Crippen LogP contribution is 2.39. The van der Waals surface area contributed by atoms with Crippen LogP contribution in [-0.4, -0.2) is 17.9 Å². The van der Waals surface area contributed by atoms with Gasteiger partial charge in [0.2, 0.25) is 0 Å². The van der Waals surface area contributed by atoms with E-state index in [1.165, 1.54) is 13.2 Å². The van der Waals surface area contributed by atoms with Gasteiger partial charge in [0.05, 0.1) is 18.1 Å². The fourth-order valence-corrected chi connectivity index (χ4v) is 3.87. The van der Waals surface area contributed by atoms with Crippen LogP contribution in [0.15, 0.2) is 78.5 Å². The second-order valence-electron chi connectivity index (χ2n) is 7.72. The van der Waals surface area contributed by atoms with Crippen molar-refractivity contribution >= 4 is 23.0 Å². The molecule has 0 unspecified atom stereocenters. The van der Waals surface area contributed by atoms with Gasteiger partial charge in [0.15, 0.2) is 5.75 Å². The number of hydrogen-bond acceptors (Lipinski definition) is 5. The zero-order valence-corrected chi connectivity index (χ0v) is 18.0. The molecule has 0 spiro atoms. The van der Waals surface area contributed by atoms with Gasteiger partial charge in [-0.3, -0.25) is 19.8 Å². The quantitative estimate of drug-likeness (QED) is 0.424. The molecule has 0 saturated carbocycles. The zero-order chi connectivity index (χ0) is 22.8. The van der Waals surface area contributed by atoms with E-state index in [1.807, 2.05) is 62.4 Å². The number of amides is 1. The van der Waals surface area contributed by atoms with Gasteiger partial charge >= 0.3 is 5.69 Å². The van der Waals surface area contributed by atoms with Crippen molar-refractivity contribution in [3.8, 4) is 5.75 Å². The first-order valence-corrected chi connectivity index (χ1v) is 10.2. The van der Waals surface area contributed by atoms with E-state index in [0.29, 0.717) is 11.3 Å². The van der Waals surface area contributed by atoms with Gasteiger partial charge in [-0.2, -0.15) is 0 Å². The number of carbonyl (C=O) groups is 1. The number of hydrogen-bond donors (Lipinski definition) is 1. The van der Waals surface area contributed by atoms with Crippen molar-refractivity contribution < 1.29 is 14.5 Å². The molecule has 162 valence electrons. The van der Waals surface area contributed by atoms with Gasteiger partial charge in [0.1, 0.15) is 5.70 Å². The van der Waals surface area contributed by atoms with Crippen LogP contribution in [-0.2, 0) is 4.79 Å². The van der Waals surface area contributed by atoms with Crippen molar-refractivity contribution in [1.82, 2.24) is 0 Å². The normalized spacial score (nSPS) is 15.5. The lowest BCUT2D eigenvalue weighted by Gasteiger charge is -2.25. The molecule has 1 aliphatic heterocycles. The molecule has 1 atom stereocenters. The molecular formula is C25H23N3O4. The SMILES string of the molecule is COc1ccc([C@@H]2C=C(Nc3cccc(C)c3)C(=O)N2c2cccc(C)c2)cc1[N+](=O)[O-]. The van der Waals surface area contributed by atoms with Crippen LogP contribution in [0.4, 0.5) is 17.1 Å². The number of nitrogens with one attached hydrogen (secondary N) is 1. The number of ether oxygens (including phenoxy) is 1. The highest BCUT2D eigenvalue weighted by Gasteiger charge is 2.36. The summed E-state index contributed by atoms with van der Waals surface area (Å²) >= 11 is 0. The van der Waals surface area contributed by atoms with Crippen LogP contribution in [0.2, 0.25) is 0 Å². The molecule has 0 saturated heterocycles. The molecule has 4 rings (SSSR count). The van der Waals surface area contributed by atoms with Crippen molar-refractivity contribution in [2.75, 3.05) is 17.3 Å². The van der Waals surface area contributed by atoms with E-state index in [1.54, 1.807) is 23.1 Å². The molecule has 1 amide bonds. The molecule has 7 nitrogen and oxygen atoms in total. The number of nitrogens with zero attached hydrogens (tertiary/aromatic N) is 2. The van der Waals surface area contributed by atoms with Crippen LogP contribution in [0.3, 0.4) is 0 Å². The maximum atomic E-state index is 13.5. The largest absolute Gasteiger partial charge is 0.490 e. The number of anilines is 2. The Morgan fingerprint density at radius 1 is 1.00 bits per heavy atom. The summed E-state index contributed by atoms with van der Waals surface area (Å²) in [6.07, 6.45) is 1.80. The summed E-state index contributed by atoms with van der Waals surface area (Å²) in [6.45, 7) is 3.94. The van der Waals surface area contributed by atoms with E-state index in [4.69, 9.17) is 4.74 Å². The smallest absolute Gasteiger partial charge is 0.311 e. The van der Waals surface area contributed by atoms with Crippen molar-refractivity contribution in [2.45, 2.75) is 19.9 Å². The lowest BCUT2D eigenvalue weighted by molar-refractivity contribution is -0.385. The number of aryl methyl sites for hydroxylation is 2. The van der Waals surface area contributed by atoms with E-state index < -0.39 is 11.0 Å². The predicted molar refractivity (Wildman–Crippen MR) is 124 cm³/mol. The fraction of sp³-hybridized carbons (Fsp3) is 0.160. The minimum Gasteiger partial charge on any atom is -0.490 e. The average Bonchev–Trinajstić information content (AvgIpc) is 3.09. The van der Waals surface area contributed by atoms with Gasteiger partial charge in [-0.15, -0.1) is 0 Å². The summed E-state index contributed by atoms with van der Waals surface area (Å²) in [5.41, 5.74) is 4.49. The van der Waals surface area contributed by atoms with Crippen LogP contribution < -0.4 is 15.0 Å². The fourth-order valence-electron chi connectivity index (χ4n) is 3.87. The van der Waals surface area contributed by atoms with Gasteiger partial charge in [-0.05, 0) is 66.9 Å². The van der Waals surface area contributed by atoms with Crippen LogP contribution in [0, 0.1) is 24.0 Å². The standard InChI is InChI=1S/C25H23N3O4/c1-16-6-4-8-19(12-16)26-21-15-22(18-10-11-24(32-3)23(14-18)28(30)31)27(25(21)29)20-9-5-7-17(2)13-20/h4-15,22,26H,1-3H3/t22-/m0/s1. The summed E-state index contributed by atoms with van der Waals surface area (Å²) in [7, 11) is 1.39. The van der Waals surface area contributed by atoms with E-state index in [2.05, 4.69) is 5.32 Å². The Morgan fingerprint density at radius 2 is 1.72 bits per heavy atom. The van der Waals surface area contributed by atoms with E-state index in [0.717, 1.165) is 22.5 Å². The topological polar surface area (TPSA) is 84.7 Å². The minimum absolute atomic E-state index is 0.143. The average molecular weight is 429 g/mol. The molecular weight excluding hydrogens is 406 g/mol. The first kappa shape index (κ1) is 21.1. The molecule has 3 aromatic rings. The summed E-state index contributed by atoms with van der Waals surface area (Å²) in [5.74, 6) is -0.0344. The lowest BCUT2D eigenvalue weighted by Crippen LogP contribution is -2.30. The highest BCUT2D eigenvalue weighted by atomic mass is 16.6. The first-order chi connectivity index (χ1) is 15.4. The van der Waals surface area contributed by atoms with E-state index in [9.17, 15) is 14.9 Å². The predicted octanol–water partition coefficient (Wildman–Crippen LogP) is 5.30. The molecule has 3 aromatic carbocycles. The summed E-state index contributed by atoms with van der Waals surface area (Å²) < 4.78 is 5.13. The Labute approximate surface area is 186 Å². The maximum Gasteiger partial charge on any atom is 0.311 e. The monoisotopic (exact) mass is 429 g/mol. The molecule has 32 heavy (non-hydrogen) atoms. The Hall–Kier alpha value is -4.13. The van der Waals surface area contributed by atoms with Crippen LogP contribution in [0.5, 0.6) is 5.75 Å². The van der Waals surface area contributed by atoms with Crippen molar-refractivity contribution in [1.29, 1.82) is 0 Å². The summed E-state index contributed by atoms with van der Waals surface area (Å²) in [6, 6.07) is 19.6. The zero-order valence-electron chi connectivity index (χ0n) is 18.0. The summed E-state index contributed by atoms with van der Waals surface area (Å²) in [4.78, 5) is 26.2. The number of nitro groups is 1. The Balaban J connectivity index is 1.80. The van der Waals surface area contributed by atoms with Gasteiger partial charge in [0.25, 0.3) is 5.91 Å². The summed E-state index contributed by atoms with van der Waals surface area (Å²) in [5, 5.41) is 14.8. The van der Waals surface area contributed by atoms with Crippen molar-refractivity contribution in [2.24, 2.45) is 0 Å². The Kier molecular flexibility index (Phi) is 5.64. The van der Waals surface area contributed by atoms with Gasteiger partial charge in [-0.25, -0.2) is 0 Å². The molecule has 0 bridgehead atoms. The molecule has 1 heterocycles.